The van der Waals surface area contributed by atoms with Gasteiger partial charge in [0.15, 0.2) is 0 Å². The number of likely N-dealkylation sites (N-methyl/N-ethyl adjacent to an activating group) is 1. The summed E-state index contributed by atoms with van der Waals surface area (Å²) in [5.74, 6) is -1.49. The molecule has 3 rings (SSSR count). The van der Waals surface area contributed by atoms with Crippen LogP contribution < -0.4 is 15.8 Å². The van der Waals surface area contributed by atoms with Crippen LogP contribution in [0.5, 0.6) is 5.75 Å². The van der Waals surface area contributed by atoms with Gasteiger partial charge in [0.1, 0.15) is 11.7 Å². The van der Waals surface area contributed by atoms with Crippen molar-refractivity contribution in [3.8, 4) is 5.75 Å². The molecule has 6 nitrogen and oxygen atoms in total. The number of nitrogens with zero attached hydrogens (tertiary/aromatic N) is 2. The van der Waals surface area contributed by atoms with Gasteiger partial charge >= 0.3 is 6.18 Å². The third-order valence-electron chi connectivity index (χ3n) is 5.45. The van der Waals surface area contributed by atoms with E-state index in [9.17, 15) is 18.0 Å². The summed E-state index contributed by atoms with van der Waals surface area (Å²) < 4.78 is 46.8. The molecule has 180 valence electrons. The van der Waals surface area contributed by atoms with E-state index in [1.165, 1.54) is 24.3 Å². The number of halogens is 4. The first-order valence-electron chi connectivity index (χ1n) is 10.7. The Bertz CT molecular complexity index is 938. The van der Waals surface area contributed by atoms with Crippen LogP contribution in [0.3, 0.4) is 0 Å². The van der Waals surface area contributed by atoms with Crippen molar-refractivity contribution in [2.24, 2.45) is 5.92 Å². The summed E-state index contributed by atoms with van der Waals surface area (Å²) in [5.41, 5.74) is 6.64. The number of piperazine rings is 1. The Labute approximate surface area is 196 Å². The predicted octanol–water partition coefficient (Wildman–Crippen LogP) is 3.77. The van der Waals surface area contributed by atoms with Crippen molar-refractivity contribution in [1.29, 1.82) is 0 Å². The highest BCUT2D eigenvalue weighted by molar-refractivity contribution is 6.17. The van der Waals surface area contributed by atoms with Crippen LogP contribution in [0, 0.1) is 5.92 Å². The highest BCUT2D eigenvalue weighted by Crippen LogP contribution is 2.37. The lowest BCUT2D eigenvalue weighted by molar-refractivity contribution is -0.151. The zero-order valence-electron chi connectivity index (χ0n) is 18.4. The van der Waals surface area contributed by atoms with Gasteiger partial charge in [-0.15, -0.1) is 11.6 Å². The third kappa shape index (κ3) is 6.91. The lowest BCUT2D eigenvalue weighted by Crippen LogP contribution is -2.42. The average molecular weight is 485 g/mol. The number of nitrogen functional groups attached to an aromatic ring is 1. The zero-order valence-corrected chi connectivity index (χ0v) is 19.1. The molecular formula is C23H28ClF3N4O2. The van der Waals surface area contributed by atoms with Crippen LogP contribution in [-0.4, -0.2) is 67.6 Å². The molecule has 10 heteroatoms. The summed E-state index contributed by atoms with van der Waals surface area (Å²) in [7, 11) is 1.98. The molecular weight excluding hydrogens is 457 g/mol. The van der Waals surface area contributed by atoms with Crippen LogP contribution in [0.2, 0.25) is 0 Å². The van der Waals surface area contributed by atoms with Crippen molar-refractivity contribution < 1.29 is 22.7 Å². The molecule has 1 amide bonds. The van der Waals surface area contributed by atoms with Crippen LogP contribution in [0.4, 0.5) is 18.9 Å². The SMILES string of the molecule is CN1CCN(C=C2C=CC(NC(=O)c3ccc(OCCCCl)c(N)c3)=CC2C(F)(F)F)CC1. The second kappa shape index (κ2) is 11.0. The number of hydrogen-bond acceptors (Lipinski definition) is 5. The number of rotatable bonds is 7. The number of nitrogens with two attached hydrogens (primary N) is 1. The minimum atomic E-state index is -4.48. The van der Waals surface area contributed by atoms with Crippen molar-refractivity contribution in [3.63, 3.8) is 0 Å². The summed E-state index contributed by atoms with van der Waals surface area (Å²) in [6.07, 6.45) is 1.66. The van der Waals surface area contributed by atoms with Crippen molar-refractivity contribution in [1.82, 2.24) is 15.1 Å². The van der Waals surface area contributed by atoms with Gasteiger partial charge in [0.05, 0.1) is 12.3 Å². The fourth-order valence-electron chi connectivity index (χ4n) is 3.53. The van der Waals surface area contributed by atoms with E-state index in [1.54, 1.807) is 12.3 Å². The number of hydrogen-bond donors (Lipinski definition) is 2. The van der Waals surface area contributed by atoms with Crippen LogP contribution in [-0.2, 0) is 0 Å². The summed E-state index contributed by atoms with van der Waals surface area (Å²) >= 11 is 5.62. The summed E-state index contributed by atoms with van der Waals surface area (Å²) in [6, 6.07) is 4.49. The maximum absolute atomic E-state index is 13.8. The second-order valence-corrected chi connectivity index (χ2v) is 8.42. The van der Waals surface area contributed by atoms with Crippen LogP contribution in [0.25, 0.3) is 0 Å². The molecule has 0 aromatic heterocycles. The van der Waals surface area contributed by atoms with Gasteiger partial charge in [0.25, 0.3) is 5.91 Å². The maximum atomic E-state index is 13.8. The lowest BCUT2D eigenvalue weighted by Gasteiger charge is -2.33. The first kappa shape index (κ1) is 25.0. The molecule has 0 radical (unpaired) electrons. The third-order valence-corrected chi connectivity index (χ3v) is 5.72. The number of anilines is 1. The molecule has 33 heavy (non-hydrogen) atoms. The molecule has 1 unspecified atom stereocenters. The minimum Gasteiger partial charge on any atom is -0.491 e. The minimum absolute atomic E-state index is 0.0823. The van der Waals surface area contributed by atoms with Gasteiger partial charge in [-0.25, -0.2) is 0 Å². The van der Waals surface area contributed by atoms with Gasteiger partial charge in [0.2, 0.25) is 0 Å². The number of carbonyl (C=O) groups excluding carboxylic acids is 1. The topological polar surface area (TPSA) is 70.8 Å². The van der Waals surface area contributed by atoms with Crippen molar-refractivity contribution >= 4 is 23.2 Å². The smallest absolute Gasteiger partial charge is 0.399 e. The molecule has 1 aliphatic carbocycles. The molecule has 1 aromatic carbocycles. The molecule has 2 aliphatic rings. The standard InChI is InChI=1S/C23H28ClF3N4O2/c1-30-8-10-31(11-9-30)15-17-3-5-18(14-19(17)23(25,26)27)29-22(32)16-4-6-21(20(28)13-16)33-12-2-7-24/h3-6,13-15,19H,2,7-12,28H2,1H3,(H,29,32). The summed E-state index contributed by atoms with van der Waals surface area (Å²) in [5, 5.41) is 2.54. The number of ether oxygens (including phenoxy) is 1. The van der Waals surface area contributed by atoms with Gasteiger partial charge < -0.3 is 25.6 Å². The number of benzene rings is 1. The Balaban J connectivity index is 1.70. The van der Waals surface area contributed by atoms with Gasteiger partial charge in [-0.1, -0.05) is 6.08 Å². The largest absolute Gasteiger partial charge is 0.491 e. The van der Waals surface area contributed by atoms with Crippen molar-refractivity contribution in [2.75, 3.05) is 51.4 Å². The van der Waals surface area contributed by atoms with Crippen LogP contribution >= 0.6 is 11.6 Å². The van der Waals surface area contributed by atoms with Gasteiger partial charge in [-0.2, -0.15) is 13.2 Å². The number of carbonyl (C=O) groups is 1. The fraction of sp³-hybridized carbons (Fsp3) is 0.435. The quantitative estimate of drug-likeness (QED) is 0.350. The van der Waals surface area contributed by atoms with Gasteiger partial charge in [-0.3, -0.25) is 4.79 Å². The molecule has 3 N–H and O–H groups in total. The Kier molecular flexibility index (Phi) is 8.31. The molecule has 0 saturated carbocycles. The molecule has 1 saturated heterocycles. The average Bonchev–Trinajstić information content (AvgIpc) is 2.76. The molecule has 1 aliphatic heterocycles. The van der Waals surface area contributed by atoms with E-state index < -0.39 is 18.0 Å². The van der Waals surface area contributed by atoms with Crippen LogP contribution in [0.1, 0.15) is 16.8 Å². The number of allylic oxidation sites excluding steroid dienone is 4. The fourth-order valence-corrected chi connectivity index (χ4v) is 3.64. The number of nitrogens with one attached hydrogen (secondary N) is 1. The predicted molar refractivity (Wildman–Crippen MR) is 123 cm³/mol. The molecule has 0 spiro atoms. The summed E-state index contributed by atoms with van der Waals surface area (Å²) in [4.78, 5) is 16.6. The van der Waals surface area contributed by atoms with E-state index in [0.717, 1.165) is 19.2 Å². The Morgan fingerprint density at radius 3 is 2.64 bits per heavy atom. The van der Waals surface area contributed by atoms with E-state index in [0.29, 0.717) is 37.7 Å². The van der Waals surface area contributed by atoms with Crippen molar-refractivity contribution in [3.05, 3.63) is 59.5 Å². The van der Waals surface area contributed by atoms with E-state index >= 15 is 0 Å². The van der Waals surface area contributed by atoms with Gasteiger partial charge in [-0.05, 0) is 49.4 Å². The molecule has 0 bridgehead atoms. The Hall–Kier alpha value is -2.65. The Morgan fingerprint density at radius 2 is 2.00 bits per heavy atom. The van der Waals surface area contributed by atoms with E-state index in [2.05, 4.69) is 10.2 Å². The molecule has 1 fully saturated rings. The molecule has 1 heterocycles. The normalized spacial score (nSPS) is 20.6. The molecule has 1 atom stereocenters. The Morgan fingerprint density at radius 1 is 1.27 bits per heavy atom. The second-order valence-electron chi connectivity index (χ2n) is 8.04. The first-order valence-corrected chi connectivity index (χ1v) is 11.2. The number of amides is 1. The number of alkyl halides is 4. The maximum Gasteiger partial charge on any atom is 0.399 e. The van der Waals surface area contributed by atoms with Crippen LogP contribution in [0.15, 0.2) is 53.9 Å². The zero-order chi connectivity index (χ0) is 24.0. The van der Waals surface area contributed by atoms with E-state index in [4.69, 9.17) is 22.1 Å². The monoisotopic (exact) mass is 484 g/mol. The first-order chi connectivity index (χ1) is 15.7. The highest BCUT2D eigenvalue weighted by atomic mass is 35.5. The van der Waals surface area contributed by atoms with E-state index in [1.807, 2.05) is 11.9 Å². The highest BCUT2D eigenvalue weighted by Gasteiger charge is 2.41. The summed E-state index contributed by atoms with van der Waals surface area (Å²) in [6.45, 7) is 3.30. The van der Waals surface area contributed by atoms with E-state index in [-0.39, 0.29) is 22.5 Å². The van der Waals surface area contributed by atoms with Crippen molar-refractivity contribution in [2.45, 2.75) is 12.6 Å². The molecule has 1 aromatic rings. The lowest BCUT2D eigenvalue weighted by atomic mass is 9.92. The van der Waals surface area contributed by atoms with Gasteiger partial charge in [0, 0.05) is 49.5 Å².